The summed E-state index contributed by atoms with van der Waals surface area (Å²) in [5, 5.41) is 0.327. The number of nitrogens with one attached hydrogen (secondary N) is 1. The molecule has 0 aliphatic carbocycles. The Morgan fingerprint density at radius 2 is 1.78 bits per heavy atom. The second-order valence-electron chi connectivity index (χ2n) is 5.20. The van der Waals surface area contributed by atoms with Crippen LogP contribution in [0.5, 0.6) is 5.75 Å². The molecule has 120 valence electrons. The van der Waals surface area contributed by atoms with E-state index in [9.17, 15) is 8.42 Å². The van der Waals surface area contributed by atoms with Gasteiger partial charge in [-0.1, -0.05) is 35.1 Å². The van der Waals surface area contributed by atoms with E-state index in [1.54, 1.807) is 31.4 Å². The fourth-order valence-electron chi connectivity index (χ4n) is 2.21. The molecule has 0 radical (unpaired) electrons. The van der Waals surface area contributed by atoms with E-state index in [0.717, 1.165) is 15.8 Å². The lowest BCUT2D eigenvalue weighted by molar-refractivity contribution is 0.419. The van der Waals surface area contributed by atoms with Crippen LogP contribution in [0.4, 0.5) is 5.13 Å². The molecule has 0 saturated heterocycles. The first-order valence-electron chi connectivity index (χ1n) is 6.94. The summed E-state index contributed by atoms with van der Waals surface area (Å²) < 4.78 is 33.7. The molecule has 0 fully saturated rings. The zero-order valence-electron chi connectivity index (χ0n) is 13.0. The van der Waals surface area contributed by atoms with Crippen molar-refractivity contribution in [2.45, 2.75) is 18.7 Å². The van der Waals surface area contributed by atoms with Crippen LogP contribution in [0.3, 0.4) is 0 Å². The summed E-state index contributed by atoms with van der Waals surface area (Å²) in [7, 11) is -2.08. The van der Waals surface area contributed by atoms with Crippen LogP contribution in [0, 0.1) is 13.8 Å². The number of anilines is 1. The number of fused-ring (bicyclic) bond motifs is 1. The Hall–Kier alpha value is -2.12. The fourth-order valence-corrected chi connectivity index (χ4v) is 4.40. The van der Waals surface area contributed by atoms with Crippen molar-refractivity contribution in [3.05, 3.63) is 47.5 Å². The molecule has 7 heteroatoms. The maximum Gasteiger partial charge on any atom is 0.263 e. The summed E-state index contributed by atoms with van der Waals surface area (Å²) >= 11 is 1.30. The van der Waals surface area contributed by atoms with Crippen LogP contribution in [0.1, 0.15) is 11.1 Å². The molecule has 1 aromatic heterocycles. The Labute approximate surface area is 139 Å². The molecule has 0 amide bonds. The summed E-state index contributed by atoms with van der Waals surface area (Å²) in [5.74, 6) is 0.627. The van der Waals surface area contributed by atoms with E-state index in [2.05, 4.69) is 9.71 Å². The molecular formula is C16H16N2O3S2. The van der Waals surface area contributed by atoms with Crippen LogP contribution >= 0.6 is 11.3 Å². The molecule has 0 saturated carbocycles. The number of ether oxygens (including phenoxy) is 1. The number of methoxy groups -OCH3 is 1. The summed E-state index contributed by atoms with van der Waals surface area (Å²) in [6, 6.07) is 10.4. The molecule has 0 spiro atoms. The van der Waals surface area contributed by atoms with E-state index in [4.69, 9.17) is 4.74 Å². The van der Waals surface area contributed by atoms with Gasteiger partial charge in [0.15, 0.2) is 5.13 Å². The minimum atomic E-state index is -3.65. The van der Waals surface area contributed by atoms with Crippen LogP contribution in [-0.2, 0) is 10.0 Å². The van der Waals surface area contributed by atoms with Gasteiger partial charge >= 0.3 is 0 Å². The first-order chi connectivity index (χ1) is 10.9. The third kappa shape index (κ3) is 3.02. The van der Waals surface area contributed by atoms with Crippen LogP contribution in [0.2, 0.25) is 0 Å². The smallest absolute Gasteiger partial charge is 0.263 e. The predicted octanol–water partition coefficient (Wildman–Crippen LogP) is 3.72. The summed E-state index contributed by atoms with van der Waals surface area (Å²) in [5.41, 5.74) is 2.70. The Morgan fingerprint density at radius 1 is 1.09 bits per heavy atom. The van der Waals surface area contributed by atoms with Gasteiger partial charge in [0.1, 0.15) is 11.3 Å². The van der Waals surface area contributed by atoms with Gasteiger partial charge in [0.2, 0.25) is 0 Å². The predicted molar refractivity (Wildman–Crippen MR) is 92.9 cm³/mol. The van der Waals surface area contributed by atoms with Gasteiger partial charge in [0.25, 0.3) is 10.0 Å². The van der Waals surface area contributed by atoms with E-state index < -0.39 is 10.0 Å². The maximum absolute atomic E-state index is 12.5. The molecule has 2 aromatic carbocycles. The molecule has 1 heterocycles. The first kappa shape index (κ1) is 15.8. The van der Waals surface area contributed by atoms with Crippen molar-refractivity contribution in [3.63, 3.8) is 0 Å². The number of rotatable bonds is 4. The fraction of sp³-hybridized carbons (Fsp3) is 0.188. The highest BCUT2D eigenvalue weighted by Crippen LogP contribution is 2.35. The average molecular weight is 348 g/mol. The number of hydrogen-bond donors (Lipinski definition) is 1. The lowest BCUT2D eigenvalue weighted by Crippen LogP contribution is -2.12. The molecule has 5 nitrogen and oxygen atoms in total. The van der Waals surface area contributed by atoms with Crippen molar-refractivity contribution in [2.24, 2.45) is 0 Å². The average Bonchev–Trinajstić information content (AvgIpc) is 2.92. The molecule has 0 unspecified atom stereocenters. The topological polar surface area (TPSA) is 68.3 Å². The highest BCUT2D eigenvalue weighted by atomic mass is 32.2. The summed E-state index contributed by atoms with van der Waals surface area (Å²) in [6.45, 7) is 3.87. The minimum absolute atomic E-state index is 0.214. The molecule has 0 aliphatic rings. The molecule has 23 heavy (non-hydrogen) atoms. The lowest BCUT2D eigenvalue weighted by atomic mass is 10.2. The van der Waals surface area contributed by atoms with E-state index in [0.29, 0.717) is 16.4 Å². The largest absolute Gasteiger partial charge is 0.494 e. The van der Waals surface area contributed by atoms with Gasteiger partial charge in [-0.15, -0.1) is 0 Å². The van der Waals surface area contributed by atoms with Gasteiger partial charge in [-0.3, -0.25) is 4.72 Å². The third-order valence-corrected chi connectivity index (χ3v) is 6.07. The number of thiazole rings is 1. The summed E-state index contributed by atoms with van der Waals surface area (Å²) in [4.78, 5) is 4.59. The minimum Gasteiger partial charge on any atom is -0.494 e. The van der Waals surface area contributed by atoms with Gasteiger partial charge < -0.3 is 4.74 Å². The van der Waals surface area contributed by atoms with Gasteiger partial charge in [-0.05, 0) is 37.6 Å². The normalized spacial score (nSPS) is 11.6. The second kappa shape index (κ2) is 5.82. The van der Waals surface area contributed by atoms with Crippen molar-refractivity contribution in [1.82, 2.24) is 4.98 Å². The van der Waals surface area contributed by atoms with Gasteiger partial charge in [-0.25, -0.2) is 13.4 Å². The molecule has 3 rings (SSSR count). The van der Waals surface area contributed by atoms with Gasteiger partial charge in [0, 0.05) is 0 Å². The number of aryl methyl sites for hydroxylation is 2. The highest BCUT2D eigenvalue weighted by molar-refractivity contribution is 7.93. The lowest BCUT2D eigenvalue weighted by Gasteiger charge is -2.05. The SMILES string of the molecule is COc1ccc(C)c2sc(NS(=O)(=O)c3ccc(C)cc3)nc12. The first-order valence-corrected chi connectivity index (χ1v) is 9.24. The van der Waals surface area contributed by atoms with E-state index in [1.807, 2.05) is 26.0 Å². The Balaban J connectivity index is 2.01. The van der Waals surface area contributed by atoms with Crippen molar-refractivity contribution >= 4 is 36.7 Å². The number of nitrogens with zero attached hydrogens (tertiary/aromatic N) is 1. The number of sulfonamides is 1. The maximum atomic E-state index is 12.5. The Bertz CT molecular complexity index is 961. The van der Waals surface area contributed by atoms with Crippen LogP contribution < -0.4 is 9.46 Å². The number of aromatic nitrogens is 1. The molecular weight excluding hydrogens is 332 g/mol. The van der Waals surface area contributed by atoms with E-state index in [-0.39, 0.29) is 4.90 Å². The molecule has 0 bridgehead atoms. The quantitative estimate of drug-likeness (QED) is 0.780. The monoisotopic (exact) mass is 348 g/mol. The zero-order chi connectivity index (χ0) is 16.6. The Morgan fingerprint density at radius 3 is 2.43 bits per heavy atom. The number of hydrogen-bond acceptors (Lipinski definition) is 5. The van der Waals surface area contributed by atoms with Crippen LogP contribution in [-0.4, -0.2) is 20.5 Å². The Kier molecular flexibility index (Phi) is 3.99. The van der Waals surface area contributed by atoms with Crippen molar-refractivity contribution in [2.75, 3.05) is 11.8 Å². The van der Waals surface area contributed by atoms with Crippen molar-refractivity contribution < 1.29 is 13.2 Å². The van der Waals surface area contributed by atoms with Crippen LogP contribution in [0.25, 0.3) is 10.2 Å². The molecule has 1 N–H and O–H groups in total. The second-order valence-corrected chi connectivity index (χ2v) is 7.88. The zero-order valence-corrected chi connectivity index (χ0v) is 14.6. The standard InChI is InChI=1S/C16H16N2O3S2/c1-10-4-7-12(8-5-10)23(19,20)18-16-17-14-13(21-3)9-6-11(2)15(14)22-16/h4-9H,1-3H3,(H,17,18). The van der Waals surface area contributed by atoms with Gasteiger partial charge in [0.05, 0.1) is 16.7 Å². The molecule has 0 atom stereocenters. The third-order valence-electron chi connectivity index (χ3n) is 3.48. The van der Waals surface area contributed by atoms with Crippen molar-refractivity contribution in [1.29, 1.82) is 0 Å². The number of benzene rings is 2. The van der Waals surface area contributed by atoms with Crippen molar-refractivity contribution in [3.8, 4) is 5.75 Å². The van der Waals surface area contributed by atoms with Gasteiger partial charge in [-0.2, -0.15) is 0 Å². The summed E-state index contributed by atoms with van der Waals surface area (Å²) in [6.07, 6.45) is 0. The van der Waals surface area contributed by atoms with E-state index >= 15 is 0 Å². The van der Waals surface area contributed by atoms with Crippen LogP contribution in [0.15, 0.2) is 41.3 Å². The highest BCUT2D eigenvalue weighted by Gasteiger charge is 2.18. The molecule has 0 aliphatic heterocycles. The molecule has 3 aromatic rings. The van der Waals surface area contributed by atoms with E-state index in [1.165, 1.54) is 11.3 Å².